The number of aliphatic carboxylic acids is 1. The summed E-state index contributed by atoms with van der Waals surface area (Å²) in [6.07, 6.45) is 0.758. The van der Waals surface area contributed by atoms with Gasteiger partial charge >= 0.3 is 5.97 Å². The lowest BCUT2D eigenvalue weighted by Gasteiger charge is -2.21. The van der Waals surface area contributed by atoms with Crippen LogP contribution in [0.25, 0.3) is 10.8 Å². The van der Waals surface area contributed by atoms with Crippen LogP contribution in [-0.4, -0.2) is 50.7 Å². The zero-order chi connectivity index (χ0) is 15.0. The van der Waals surface area contributed by atoms with Crippen LogP contribution in [0.15, 0.2) is 36.5 Å². The van der Waals surface area contributed by atoms with Gasteiger partial charge in [-0.25, -0.2) is 4.79 Å². The number of aliphatic hydroxyl groups excluding tert-OH is 1. The van der Waals surface area contributed by atoms with Gasteiger partial charge in [0.05, 0.1) is 6.10 Å². The first-order valence-electron chi connectivity index (χ1n) is 6.63. The van der Waals surface area contributed by atoms with E-state index >= 15 is 0 Å². The van der Waals surface area contributed by atoms with Crippen LogP contribution in [-0.2, 0) is 4.79 Å². The number of benzene rings is 1. The van der Waals surface area contributed by atoms with Crippen LogP contribution < -0.4 is 0 Å². The summed E-state index contributed by atoms with van der Waals surface area (Å²) in [5.41, 5.74) is 0.216. The van der Waals surface area contributed by atoms with E-state index < -0.39 is 24.0 Å². The number of hydrogen-bond donors (Lipinski definition) is 2. The van der Waals surface area contributed by atoms with Crippen LogP contribution in [0.3, 0.4) is 0 Å². The molecular weight excluding hydrogens is 272 g/mol. The highest BCUT2D eigenvalue weighted by Crippen LogP contribution is 2.23. The van der Waals surface area contributed by atoms with E-state index in [2.05, 4.69) is 4.98 Å². The van der Waals surface area contributed by atoms with E-state index in [-0.39, 0.29) is 18.7 Å². The van der Waals surface area contributed by atoms with Gasteiger partial charge in [-0.15, -0.1) is 0 Å². The number of rotatable bonds is 2. The third-order valence-corrected chi connectivity index (χ3v) is 3.70. The Kier molecular flexibility index (Phi) is 3.31. The Morgan fingerprint density at radius 3 is 2.76 bits per heavy atom. The van der Waals surface area contributed by atoms with Crippen molar-refractivity contribution < 1.29 is 19.8 Å². The molecule has 2 N–H and O–H groups in total. The van der Waals surface area contributed by atoms with Crippen LogP contribution in [0, 0.1) is 0 Å². The summed E-state index contributed by atoms with van der Waals surface area (Å²) in [6.45, 7) is 0.0146. The molecule has 1 aromatic carbocycles. The quantitative estimate of drug-likeness (QED) is 0.855. The van der Waals surface area contributed by atoms with Crippen LogP contribution in [0.1, 0.15) is 16.9 Å². The maximum Gasteiger partial charge on any atom is 0.326 e. The number of aliphatic hydroxyl groups is 1. The fourth-order valence-electron chi connectivity index (χ4n) is 2.70. The molecule has 0 aliphatic carbocycles. The summed E-state index contributed by atoms with van der Waals surface area (Å²) in [6, 6.07) is 8.08. The molecule has 2 heterocycles. The first-order chi connectivity index (χ1) is 10.1. The van der Waals surface area contributed by atoms with Gasteiger partial charge in [-0.1, -0.05) is 24.3 Å². The van der Waals surface area contributed by atoms with Crippen molar-refractivity contribution in [3.63, 3.8) is 0 Å². The number of carboxylic acid groups (broad SMARTS) is 1. The molecule has 6 nitrogen and oxygen atoms in total. The minimum atomic E-state index is -1.11. The minimum Gasteiger partial charge on any atom is -0.480 e. The molecule has 1 aromatic heterocycles. The molecule has 1 saturated heterocycles. The average molecular weight is 286 g/mol. The molecule has 21 heavy (non-hydrogen) atoms. The molecule has 0 saturated carbocycles. The Morgan fingerprint density at radius 2 is 2.00 bits per heavy atom. The van der Waals surface area contributed by atoms with Crippen molar-refractivity contribution in [1.82, 2.24) is 9.88 Å². The Hall–Kier alpha value is -2.47. The second-order valence-electron chi connectivity index (χ2n) is 5.08. The van der Waals surface area contributed by atoms with Crippen molar-refractivity contribution in [2.75, 3.05) is 6.54 Å². The molecule has 0 radical (unpaired) electrons. The number of aromatic nitrogens is 1. The Labute approximate surface area is 120 Å². The highest BCUT2D eigenvalue weighted by Gasteiger charge is 2.39. The molecule has 1 amide bonds. The maximum atomic E-state index is 12.6. The first-order valence-corrected chi connectivity index (χ1v) is 6.63. The number of amides is 1. The third kappa shape index (κ3) is 2.34. The van der Waals surface area contributed by atoms with Gasteiger partial charge in [0, 0.05) is 24.5 Å². The summed E-state index contributed by atoms with van der Waals surface area (Å²) < 4.78 is 0. The van der Waals surface area contributed by atoms with Gasteiger partial charge in [0.2, 0.25) is 0 Å². The van der Waals surface area contributed by atoms with E-state index in [1.807, 2.05) is 12.1 Å². The molecular formula is C15H14N2O4. The van der Waals surface area contributed by atoms with Crippen LogP contribution >= 0.6 is 0 Å². The summed E-state index contributed by atoms with van der Waals surface area (Å²) in [7, 11) is 0. The Balaban J connectivity index is 2.02. The minimum absolute atomic E-state index is 0.0146. The molecule has 0 spiro atoms. The van der Waals surface area contributed by atoms with Crippen molar-refractivity contribution >= 4 is 22.6 Å². The zero-order valence-corrected chi connectivity index (χ0v) is 11.1. The molecule has 1 fully saturated rings. The topological polar surface area (TPSA) is 90.7 Å². The van der Waals surface area contributed by atoms with E-state index in [0.717, 1.165) is 5.39 Å². The maximum absolute atomic E-state index is 12.6. The van der Waals surface area contributed by atoms with E-state index in [0.29, 0.717) is 5.39 Å². The molecule has 0 unspecified atom stereocenters. The molecule has 3 rings (SSSR count). The zero-order valence-electron chi connectivity index (χ0n) is 11.1. The molecule has 2 atom stereocenters. The van der Waals surface area contributed by atoms with Crippen LogP contribution in [0.2, 0.25) is 0 Å². The largest absolute Gasteiger partial charge is 0.480 e. The fourth-order valence-corrected chi connectivity index (χ4v) is 2.70. The second kappa shape index (κ2) is 5.14. The Bertz CT molecular complexity index is 710. The highest BCUT2D eigenvalue weighted by molar-refractivity contribution is 6.06. The smallest absolute Gasteiger partial charge is 0.326 e. The van der Waals surface area contributed by atoms with E-state index in [9.17, 15) is 19.8 Å². The second-order valence-corrected chi connectivity index (χ2v) is 5.08. The summed E-state index contributed by atoms with van der Waals surface area (Å²) in [5.74, 6) is -1.57. The van der Waals surface area contributed by atoms with Gasteiger partial charge in [0.15, 0.2) is 0 Å². The SMILES string of the molecule is O=C(O)[C@@H]1C[C@@H](O)CN1C(=O)c1nccc2ccccc12. The molecule has 0 bridgehead atoms. The van der Waals surface area contributed by atoms with Crippen molar-refractivity contribution in [1.29, 1.82) is 0 Å². The lowest BCUT2D eigenvalue weighted by Crippen LogP contribution is -2.41. The van der Waals surface area contributed by atoms with Crippen molar-refractivity contribution in [2.45, 2.75) is 18.6 Å². The predicted molar refractivity (Wildman–Crippen MR) is 74.8 cm³/mol. The van der Waals surface area contributed by atoms with Crippen molar-refractivity contribution in [2.24, 2.45) is 0 Å². The number of carbonyl (C=O) groups excluding carboxylic acids is 1. The number of hydrogen-bond acceptors (Lipinski definition) is 4. The molecule has 108 valence electrons. The van der Waals surface area contributed by atoms with Crippen molar-refractivity contribution in [3.8, 4) is 0 Å². The first kappa shape index (κ1) is 13.5. The average Bonchev–Trinajstić information content (AvgIpc) is 2.88. The van der Waals surface area contributed by atoms with Gasteiger partial charge in [-0.3, -0.25) is 9.78 Å². The number of carboxylic acids is 1. The number of likely N-dealkylation sites (tertiary alicyclic amines) is 1. The molecule has 6 heteroatoms. The summed E-state index contributed by atoms with van der Waals surface area (Å²) in [5, 5.41) is 20.4. The summed E-state index contributed by atoms with van der Waals surface area (Å²) in [4.78, 5) is 29.1. The summed E-state index contributed by atoms with van der Waals surface area (Å²) >= 11 is 0. The normalized spacial score (nSPS) is 21.7. The third-order valence-electron chi connectivity index (χ3n) is 3.70. The van der Waals surface area contributed by atoms with Crippen LogP contribution in [0.4, 0.5) is 0 Å². The number of pyridine rings is 1. The van der Waals surface area contributed by atoms with E-state index in [1.165, 1.54) is 11.1 Å². The Morgan fingerprint density at radius 1 is 1.24 bits per heavy atom. The van der Waals surface area contributed by atoms with E-state index in [4.69, 9.17) is 0 Å². The molecule has 1 aliphatic rings. The monoisotopic (exact) mass is 286 g/mol. The van der Waals surface area contributed by atoms with Gasteiger partial charge in [-0.05, 0) is 11.5 Å². The van der Waals surface area contributed by atoms with Gasteiger partial charge < -0.3 is 15.1 Å². The van der Waals surface area contributed by atoms with Gasteiger partial charge in [0.1, 0.15) is 11.7 Å². The number of fused-ring (bicyclic) bond motifs is 1. The van der Waals surface area contributed by atoms with Crippen LogP contribution in [0.5, 0.6) is 0 Å². The van der Waals surface area contributed by atoms with Crippen molar-refractivity contribution in [3.05, 3.63) is 42.2 Å². The number of nitrogens with zero attached hydrogens (tertiary/aromatic N) is 2. The van der Waals surface area contributed by atoms with Gasteiger partial charge in [-0.2, -0.15) is 0 Å². The predicted octanol–water partition coefficient (Wildman–Crippen LogP) is 0.895. The molecule has 1 aliphatic heterocycles. The number of carbonyl (C=O) groups is 2. The fraction of sp³-hybridized carbons (Fsp3) is 0.267. The lowest BCUT2D eigenvalue weighted by molar-refractivity contribution is -0.141. The highest BCUT2D eigenvalue weighted by atomic mass is 16.4. The van der Waals surface area contributed by atoms with Gasteiger partial charge in [0.25, 0.3) is 5.91 Å². The standard InChI is InChI=1S/C15H14N2O4/c18-10-7-12(15(20)21)17(8-10)14(19)13-11-4-2-1-3-9(11)5-6-16-13/h1-6,10,12,18H,7-8H2,(H,20,21)/t10-,12+/m1/s1. The molecule has 2 aromatic rings. The lowest BCUT2D eigenvalue weighted by atomic mass is 10.1. The number of β-amino-alcohol motifs (C(OH)–C–C–N with tert-alkyl or cyclic N) is 1. The van der Waals surface area contributed by atoms with E-state index in [1.54, 1.807) is 18.2 Å².